The lowest BCUT2D eigenvalue weighted by atomic mass is 10.1. The Morgan fingerprint density at radius 2 is 1.39 bits per heavy atom. The molecule has 9 nitrogen and oxygen atoms in total. The quantitative estimate of drug-likeness (QED) is 0.331. The van der Waals surface area contributed by atoms with Crippen LogP contribution in [0.25, 0.3) is 22.5 Å². The summed E-state index contributed by atoms with van der Waals surface area (Å²) in [6.45, 7) is 0.546. The molecular formula is C28H25F3N6O3S. The predicted molar refractivity (Wildman–Crippen MR) is 148 cm³/mol. The van der Waals surface area contributed by atoms with Crippen LogP contribution in [0.2, 0.25) is 0 Å². The van der Waals surface area contributed by atoms with Crippen LogP contribution in [0.3, 0.4) is 0 Å². The van der Waals surface area contributed by atoms with Crippen molar-refractivity contribution in [2.24, 2.45) is 14.1 Å². The maximum atomic E-state index is 12.3. The van der Waals surface area contributed by atoms with Crippen LogP contribution in [0.5, 0.6) is 5.75 Å². The van der Waals surface area contributed by atoms with E-state index in [0.717, 1.165) is 11.3 Å². The number of anilines is 2. The molecule has 2 aromatic heterocycles. The number of aromatic nitrogens is 2. The summed E-state index contributed by atoms with van der Waals surface area (Å²) in [4.78, 5) is 0. The number of alkyl halides is 3. The van der Waals surface area contributed by atoms with E-state index in [1.807, 2.05) is 48.0 Å². The summed E-state index contributed by atoms with van der Waals surface area (Å²) in [6.07, 6.45) is -4.13. The minimum absolute atomic E-state index is 0.110. The van der Waals surface area contributed by atoms with Gasteiger partial charge >= 0.3 is 6.36 Å². The van der Waals surface area contributed by atoms with E-state index in [2.05, 4.69) is 10.8 Å². The molecule has 41 heavy (non-hydrogen) atoms. The van der Waals surface area contributed by atoms with Gasteiger partial charge in [0.1, 0.15) is 23.5 Å². The number of nitriles is 2. The molecule has 0 unspecified atom stereocenters. The molecule has 0 radical (unpaired) electrons. The molecule has 0 amide bonds. The normalized spacial score (nSPS) is 14.1. The Morgan fingerprint density at radius 1 is 0.854 bits per heavy atom. The number of hydrogen-bond acceptors (Lipinski definition) is 6. The molecule has 1 aliphatic rings. The smallest absolute Gasteiger partial charge is 0.404 e. The minimum Gasteiger partial charge on any atom is -0.404 e. The largest absolute Gasteiger partial charge is 0.573 e. The van der Waals surface area contributed by atoms with E-state index in [1.54, 1.807) is 35.9 Å². The summed E-state index contributed by atoms with van der Waals surface area (Å²) >= 11 is 0. The number of nitrogen functional groups attached to an aromatic ring is 1. The first-order valence-electron chi connectivity index (χ1n) is 12.2. The highest BCUT2D eigenvalue weighted by Crippen LogP contribution is 2.33. The topological polar surface area (TPSA) is 130 Å². The summed E-state index contributed by atoms with van der Waals surface area (Å²) in [5, 5.41) is 17.8. The van der Waals surface area contributed by atoms with Gasteiger partial charge in [-0.05, 0) is 60.5 Å². The van der Waals surface area contributed by atoms with Crippen molar-refractivity contribution in [1.29, 1.82) is 10.5 Å². The van der Waals surface area contributed by atoms with Gasteiger partial charge in [0.05, 0.1) is 17.1 Å². The van der Waals surface area contributed by atoms with Gasteiger partial charge in [-0.25, -0.2) is 8.42 Å². The van der Waals surface area contributed by atoms with E-state index in [9.17, 15) is 21.6 Å². The maximum absolute atomic E-state index is 12.3. The van der Waals surface area contributed by atoms with E-state index < -0.39 is 22.1 Å². The third-order valence-electron chi connectivity index (χ3n) is 6.56. The molecule has 0 bridgehead atoms. The first-order valence-corrected chi connectivity index (χ1v) is 13.8. The second-order valence-corrected chi connectivity index (χ2v) is 11.2. The van der Waals surface area contributed by atoms with Crippen molar-refractivity contribution in [3.05, 3.63) is 78.1 Å². The molecule has 1 saturated heterocycles. The Bertz CT molecular complexity index is 1760. The summed E-state index contributed by atoms with van der Waals surface area (Å²) < 4.78 is 69.3. The van der Waals surface area contributed by atoms with Gasteiger partial charge in [-0.3, -0.25) is 4.31 Å². The molecule has 0 spiro atoms. The SMILES string of the molecule is Cn1c(C#N)ccc1-c1ccc(N)c(OC(F)(F)F)c1.Cn1c(C#N)ccc1-c1ccc(N2CCCS2(=O)=O)cc1. The molecule has 3 heterocycles. The highest BCUT2D eigenvalue weighted by atomic mass is 32.2. The van der Waals surface area contributed by atoms with Crippen LogP contribution in [0, 0.1) is 22.7 Å². The van der Waals surface area contributed by atoms with Crippen LogP contribution in [-0.4, -0.2) is 36.2 Å². The zero-order valence-electron chi connectivity index (χ0n) is 22.1. The van der Waals surface area contributed by atoms with Gasteiger partial charge in [-0.15, -0.1) is 13.2 Å². The lowest BCUT2D eigenvalue weighted by Gasteiger charge is -2.17. The number of ether oxygens (including phenoxy) is 1. The highest BCUT2D eigenvalue weighted by Gasteiger charge is 2.32. The molecule has 1 fully saturated rings. The van der Waals surface area contributed by atoms with Crippen LogP contribution in [0.4, 0.5) is 24.5 Å². The monoisotopic (exact) mass is 582 g/mol. The van der Waals surface area contributed by atoms with Gasteiger partial charge in [0.15, 0.2) is 5.75 Å². The lowest BCUT2D eigenvalue weighted by Crippen LogP contribution is -2.24. The summed E-state index contributed by atoms with van der Waals surface area (Å²) in [5.41, 5.74) is 10.00. The Hall–Kier alpha value is -4.88. The summed E-state index contributed by atoms with van der Waals surface area (Å²) in [7, 11) is 0.347. The van der Waals surface area contributed by atoms with E-state index in [-0.39, 0.29) is 11.4 Å². The molecule has 2 aromatic carbocycles. The van der Waals surface area contributed by atoms with E-state index >= 15 is 0 Å². The fourth-order valence-corrected chi connectivity index (χ4v) is 6.03. The van der Waals surface area contributed by atoms with Crippen molar-refractivity contribution in [2.75, 3.05) is 22.3 Å². The van der Waals surface area contributed by atoms with Crippen molar-refractivity contribution in [2.45, 2.75) is 12.8 Å². The third-order valence-corrected chi connectivity index (χ3v) is 8.43. The number of sulfonamides is 1. The molecule has 0 atom stereocenters. The fourth-order valence-electron chi connectivity index (χ4n) is 4.46. The maximum Gasteiger partial charge on any atom is 0.573 e. The highest BCUT2D eigenvalue weighted by molar-refractivity contribution is 7.93. The third kappa shape index (κ3) is 6.31. The average molecular weight is 583 g/mol. The number of benzene rings is 2. The Kier molecular flexibility index (Phi) is 8.03. The molecule has 0 aliphatic carbocycles. The zero-order valence-corrected chi connectivity index (χ0v) is 22.9. The lowest BCUT2D eigenvalue weighted by molar-refractivity contribution is -0.274. The Balaban J connectivity index is 0.000000189. The summed E-state index contributed by atoms with van der Waals surface area (Å²) in [5.74, 6) is -0.243. The molecule has 0 saturated carbocycles. The predicted octanol–water partition coefficient (Wildman–Crippen LogP) is 5.15. The van der Waals surface area contributed by atoms with Crippen molar-refractivity contribution in [3.63, 3.8) is 0 Å². The standard InChI is InChI=1S/C15H15N3O2S.C13H10F3N3O/c1-17-14(11-16)7-8-15(17)12-3-5-13(6-4-12)18-9-2-10-21(18,19)20;1-19-9(7-17)3-5-11(19)8-2-4-10(18)12(6-8)20-13(14,15)16/h3-8H,2,9-10H2,1H3;2-6H,18H2,1H3. The van der Waals surface area contributed by atoms with Gasteiger partial charge in [0.25, 0.3) is 0 Å². The van der Waals surface area contributed by atoms with Crippen LogP contribution < -0.4 is 14.8 Å². The molecule has 4 aromatic rings. The van der Waals surface area contributed by atoms with E-state index in [0.29, 0.717) is 41.3 Å². The van der Waals surface area contributed by atoms with Crippen LogP contribution in [0.15, 0.2) is 66.7 Å². The molecule has 1 aliphatic heterocycles. The van der Waals surface area contributed by atoms with Gasteiger partial charge < -0.3 is 19.6 Å². The minimum atomic E-state index is -4.81. The molecule has 5 rings (SSSR count). The second-order valence-electron chi connectivity index (χ2n) is 9.14. The average Bonchev–Trinajstić information content (AvgIpc) is 3.60. The van der Waals surface area contributed by atoms with Crippen molar-refractivity contribution < 1.29 is 26.3 Å². The number of rotatable bonds is 4. The van der Waals surface area contributed by atoms with Crippen molar-refractivity contribution in [1.82, 2.24) is 9.13 Å². The molecule has 212 valence electrons. The van der Waals surface area contributed by atoms with Crippen molar-refractivity contribution >= 4 is 21.4 Å². The molecular weight excluding hydrogens is 557 g/mol. The van der Waals surface area contributed by atoms with Gasteiger partial charge in [0, 0.05) is 37.6 Å². The van der Waals surface area contributed by atoms with Crippen molar-refractivity contribution in [3.8, 4) is 40.4 Å². The first kappa shape index (κ1) is 29.1. The van der Waals surface area contributed by atoms with E-state index in [4.69, 9.17) is 16.3 Å². The van der Waals surface area contributed by atoms with Crippen LogP contribution in [0.1, 0.15) is 17.8 Å². The molecule has 13 heteroatoms. The van der Waals surface area contributed by atoms with Crippen LogP contribution >= 0.6 is 0 Å². The Morgan fingerprint density at radius 3 is 1.85 bits per heavy atom. The van der Waals surface area contributed by atoms with Gasteiger partial charge in [-0.1, -0.05) is 18.2 Å². The number of nitrogens with two attached hydrogens (primary N) is 1. The fraction of sp³-hybridized carbons (Fsp3) is 0.214. The number of halogens is 3. The van der Waals surface area contributed by atoms with Gasteiger partial charge in [-0.2, -0.15) is 10.5 Å². The van der Waals surface area contributed by atoms with Gasteiger partial charge in [0.2, 0.25) is 10.0 Å². The Labute approximate surface area is 235 Å². The first-order chi connectivity index (χ1) is 19.3. The molecule has 2 N–H and O–H groups in total. The second kappa shape index (κ2) is 11.3. The number of nitrogens with zero attached hydrogens (tertiary/aromatic N) is 5. The zero-order chi connectivity index (χ0) is 29.9. The summed E-state index contributed by atoms with van der Waals surface area (Å²) in [6, 6.07) is 22.5. The van der Waals surface area contributed by atoms with Crippen LogP contribution in [-0.2, 0) is 24.1 Å². The number of hydrogen-bond donors (Lipinski definition) is 1. The van der Waals surface area contributed by atoms with E-state index in [1.165, 1.54) is 16.4 Å².